The Hall–Kier alpha value is -2.60. The first-order valence-corrected chi connectivity index (χ1v) is 8.78. The first-order valence-electron chi connectivity index (χ1n) is 8.78. The summed E-state index contributed by atoms with van der Waals surface area (Å²) in [6.45, 7) is 3.54. The van der Waals surface area contributed by atoms with Gasteiger partial charge in [-0.25, -0.2) is 4.39 Å². The van der Waals surface area contributed by atoms with Crippen molar-refractivity contribution in [3.63, 3.8) is 0 Å². The van der Waals surface area contributed by atoms with Gasteiger partial charge in [-0.3, -0.25) is 4.79 Å². The van der Waals surface area contributed by atoms with E-state index < -0.39 is 0 Å². The molecule has 0 aliphatic carbocycles. The number of nitrogens with one attached hydrogen (secondary N) is 1. The Morgan fingerprint density at radius 3 is 2.42 bits per heavy atom. The fraction of sp³-hybridized carbons (Fsp3) is 0.350. The van der Waals surface area contributed by atoms with Gasteiger partial charge in [-0.2, -0.15) is 0 Å². The van der Waals surface area contributed by atoms with Crippen molar-refractivity contribution in [2.75, 3.05) is 44.7 Å². The van der Waals surface area contributed by atoms with Gasteiger partial charge >= 0.3 is 0 Å². The summed E-state index contributed by atoms with van der Waals surface area (Å²) >= 11 is 0. The molecule has 1 N–H and O–H groups in total. The van der Waals surface area contributed by atoms with Crippen molar-refractivity contribution in [2.45, 2.75) is 6.54 Å². The molecule has 1 fully saturated rings. The van der Waals surface area contributed by atoms with E-state index in [-0.39, 0.29) is 18.3 Å². The van der Waals surface area contributed by atoms with Crippen LogP contribution in [0, 0.1) is 5.82 Å². The molecule has 26 heavy (non-hydrogen) atoms. The summed E-state index contributed by atoms with van der Waals surface area (Å²) in [6, 6.07) is 14.6. The number of nitrogens with zero attached hydrogens (tertiary/aromatic N) is 2. The second kappa shape index (κ2) is 8.67. The molecule has 2 aromatic carbocycles. The SMILES string of the molecule is COc1ccc(N2CCN(C(=O)CNCc3ccccc3F)CC2)cc1. The van der Waals surface area contributed by atoms with Crippen molar-refractivity contribution in [1.82, 2.24) is 10.2 Å². The van der Waals surface area contributed by atoms with Gasteiger partial charge in [0.25, 0.3) is 0 Å². The standard InChI is InChI=1S/C20H24FN3O2/c1-26-18-8-6-17(7-9-18)23-10-12-24(13-11-23)20(25)15-22-14-16-4-2-3-5-19(16)21/h2-9,22H,10-15H2,1H3. The zero-order chi connectivity index (χ0) is 18.4. The second-order valence-corrected chi connectivity index (χ2v) is 6.26. The monoisotopic (exact) mass is 357 g/mol. The van der Waals surface area contributed by atoms with Gasteiger partial charge in [-0.05, 0) is 30.3 Å². The van der Waals surface area contributed by atoms with E-state index in [1.165, 1.54) is 6.07 Å². The second-order valence-electron chi connectivity index (χ2n) is 6.26. The molecule has 2 aromatic rings. The molecule has 0 saturated carbocycles. The number of rotatable bonds is 6. The largest absolute Gasteiger partial charge is 0.497 e. The van der Waals surface area contributed by atoms with E-state index in [2.05, 4.69) is 10.2 Å². The summed E-state index contributed by atoms with van der Waals surface area (Å²) in [5.41, 5.74) is 1.71. The van der Waals surface area contributed by atoms with Crippen LogP contribution in [0.15, 0.2) is 48.5 Å². The molecule has 3 rings (SSSR count). The summed E-state index contributed by atoms with van der Waals surface area (Å²) in [5, 5.41) is 3.04. The average molecular weight is 357 g/mol. The number of halogens is 1. The molecule has 138 valence electrons. The van der Waals surface area contributed by atoms with Crippen molar-refractivity contribution >= 4 is 11.6 Å². The highest BCUT2D eigenvalue weighted by Crippen LogP contribution is 2.20. The highest BCUT2D eigenvalue weighted by Gasteiger charge is 2.21. The van der Waals surface area contributed by atoms with Crippen LogP contribution in [0.3, 0.4) is 0 Å². The van der Waals surface area contributed by atoms with Crippen molar-refractivity contribution in [3.8, 4) is 5.75 Å². The van der Waals surface area contributed by atoms with Gasteiger partial charge in [-0.1, -0.05) is 18.2 Å². The summed E-state index contributed by atoms with van der Waals surface area (Å²) in [5.74, 6) is 0.639. The third kappa shape index (κ3) is 4.52. The van der Waals surface area contributed by atoms with Crippen LogP contribution >= 0.6 is 0 Å². The Kier molecular flexibility index (Phi) is 6.07. The Balaban J connectivity index is 1.43. The molecule has 0 atom stereocenters. The molecule has 0 spiro atoms. The van der Waals surface area contributed by atoms with Gasteiger partial charge in [0.15, 0.2) is 0 Å². The summed E-state index contributed by atoms with van der Waals surface area (Å²) in [4.78, 5) is 16.5. The molecule has 0 radical (unpaired) electrons. The van der Waals surface area contributed by atoms with E-state index in [0.29, 0.717) is 25.2 Å². The topological polar surface area (TPSA) is 44.8 Å². The van der Waals surface area contributed by atoms with E-state index in [9.17, 15) is 9.18 Å². The van der Waals surface area contributed by atoms with Gasteiger partial charge < -0.3 is 19.9 Å². The minimum absolute atomic E-state index is 0.0516. The lowest BCUT2D eigenvalue weighted by Gasteiger charge is -2.36. The molecule has 6 heteroatoms. The molecule has 1 heterocycles. The normalized spacial score (nSPS) is 14.4. The highest BCUT2D eigenvalue weighted by molar-refractivity contribution is 5.78. The summed E-state index contributed by atoms with van der Waals surface area (Å²) in [6.07, 6.45) is 0. The Morgan fingerprint density at radius 1 is 1.08 bits per heavy atom. The maximum atomic E-state index is 13.6. The number of hydrogen-bond donors (Lipinski definition) is 1. The number of anilines is 1. The molecule has 1 aliphatic heterocycles. The number of piperazine rings is 1. The van der Waals surface area contributed by atoms with Gasteiger partial charge in [0.05, 0.1) is 13.7 Å². The summed E-state index contributed by atoms with van der Waals surface area (Å²) in [7, 11) is 1.65. The van der Waals surface area contributed by atoms with Gasteiger partial charge in [0.1, 0.15) is 11.6 Å². The number of carbonyl (C=O) groups excluding carboxylic acids is 1. The lowest BCUT2D eigenvalue weighted by molar-refractivity contribution is -0.130. The van der Waals surface area contributed by atoms with E-state index in [4.69, 9.17) is 4.74 Å². The van der Waals surface area contributed by atoms with E-state index in [1.807, 2.05) is 29.2 Å². The van der Waals surface area contributed by atoms with Crippen LogP contribution in [0.5, 0.6) is 5.75 Å². The zero-order valence-electron chi connectivity index (χ0n) is 15.0. The number of amides is 1. The zero-order valence-corrected chi connectivity index (χ0v) is 15.0. The number of methoxy groups -OCH3 is 1. The van der Waals surface area contributed by atoms with Crippen molar-refractivity contribution in [3.05, 3.63) is 59.9 Å². The van der Waals surface area contributed by atoms with Crippen LogP contribution in [0.1, 0.15) is 5.56 Å². The Bertz CT molecular complexity index is 728. The number of benzene rings is 2. The quantitative estimate of drug-likeness (QED) is 0.862. The predicted molar refractivity (Wildman–Crippen MR) is 99.9 cm³/mol. The smallest absolute Gasteiger partial charge is 0.236 e. The molecule has 1 aliphatic rings. The van der Waals surface area contributed by atoms with Gasteiger partial charge in [0.2, 0.25) is 5.91 Å². The van der Waals surface area contributed by atoms with Crippen LogP contribution in [0.4, 0.5) is 10.1 Å². The third-order valence-corrected chi connectivity index (χ3v) is 4.62. The molecule has 0 bridgehead atoms. The molecular weight excluding hydrogens is 333 g/mol. The number of carbonyl (C=O) groups is 1. The first-order chi connectivity index (χ1) is 12.7. The van der Waals surface area contributed by atoms with Gasteiger partial charge in [0, 0.05) is 44.0 Å². The van der Waals surface area contributed by atoms with E-state index >= 15 is 0 Å². The van der Waals surface area contributed by atoms with Crippen LogP contribution in [0.2, 0.25) is 0 Å². The minimum atomic E-state index is -0.249. The van der Waals surface area contributed by atoms with Crippen molar-refractivity contribution < 1.29 is 13.9 Å². The molecular formula is C20H24FN3O2. The average Bonchev–Trinajstić information content (AvgIpc) is 2.69. The molecule has 0 unspecified atom stereocenters. The molecule has 5 nitrogen and oxygen atoms in total. The molecule has 1 amide bonds. The van der Waals surface area contributed by atoms with Crippen LogP contribution in [-0.4, -0.2) is 50.6 Å². The number of hydrogen-bond acceptors (Lipinski definition) is 4. The minimum Gasteiger partial charge on any atom is -0.497 e. The van der Waals surface area contributed by atoms with E-state index in [1.54, 1.807) is 25.3 Å². The van der Waals surface area contributed by atoms with Crippen molar-refractivity contribution in [1.29, 1.82) is 0 Å². The third-order valence-electron chi connectivity index (χ3n) is 4.62. The fourth-order valence-electron chi connectivity index (χ4n) is 3.06. The first kappa shape index (κ1) is 18.2. The predicted octanol–water partition coefficient (Wildman–Crippen LogP) is 2.27. The summed E-state index contributed by atoms with van der Waals surface area (Å²) < 4.78 is 18.8. The Morgan fingerprint density at radius 2 is 1.77 bits per heavy atom. The molecule has 1 saturated heterocycles. The maximum Gasteiger partial charge on any atom is 0.236 e. The fourth-order valence-corrected chi connectivity index (χ4v) is 3.06. The number of ether oxygens (including phenoxy) is 1. The van der Waals surface area contributed by atoms with Crippen LogP contribution < -0.4 is 15.0 Å². The lowest BCUT2D eigenvalue weighted by Crippen LogP contribution is -2.50. The molecule has 0 aromatic heterocycles. The highest BCUT2D eigenvalue weighted by atomic mass is 19.1. The lowest BCUT2D eigenvalue weighted by atomic mass is 10.2. The van der Waals surface area contributed by atoms with Gasteiger partial charge in [-0.15, -0.1) is 0 Å². The Labute approximate surface area is 153 Å². The van der Waals surface area contributed by atoms with E-state index in [0.717, 1.165) is 24.5 Å². The van der Waals surface area contributed by atoms with Crippen LogP contribution in [0.25, 0.3) is 0 Å². The van der Waals surface area contributed by atoms with Crippen molar-refractivity contribution in [2.24, 2.45) is 0 Å². The van der Waals surface area contributed by atoms with Crippen LogP contribution in [-0.2, 0) is 11.3 Å². The maximum absolute atomic E-state index is 13.6.